The Hall–Kier alpha value is -3.02. The monoisotopic (exact) mass is 399 g/mol. The van der Waals surface area contributed by atoms with Crippen LogP contribution in [0.1, 0.15) is 37.8 Å². The smallest absolute Gasteiger partial charge is 0.311 e. The number of nitrogens with one attached hydrogen (secondary N) is 1. The number of hydrogen-bond donors (Lipinski definition) is 1. The molecular weight excluding hydrogens is 370 g/mol. The first-order chi connectivity index (χ1) is 14.0. The largest absolute Gasteiger partial charge is 0.493 e. The average Bonchev–Trinajstić information content (AvgIpc) is 2.72. The summed E-state index contributed by atoms with van der Waals surface area (Å²) in [5, 5.41) is 2.71. The van der Waals surface area contributed by atoms with E-state index < -0.39 is 18.0 Å². The number of hydrogen-bond acceptors (Lipinski definition) is 5. The van der Waals surface area contributed by atoms with Gasteiger partial charge in [-0.1, -0.05) is 37.6 Å². The molecule has 0 spiro atoms. The van der Waals surface area contributed by atoms with Crippen LogP contribution >= 0.6 is 0 Å². The number of esters is 1. The van der Waals surface area contributed by atoms with Crippen LogP contribution in [0.15, 0.2) is 42.5 Å². The van der Waals surface area contributed by atoms with Gasteiger partial charge >= 0.3 is 5.97 Å². The maximum Gasteiger partial charge on any atom is 0.311 e. The van der Waals surface area contributed by atoms with Gasteiger partial charge in [-0.2, -0.15) is 0 Å². The zero-order chi connectivity index (χ0) is 21.2. The molecule has 0 saturated carbocycles. The van der Waals surface area contributed by atoms with Gasteiger partial charge in [-0.3, -0.25) is 9.59 Å². The maximum absolute atomic E-state index is 12.3. The number of amides is 1. The summed E-state index contributed by atoms with van der Waals surface area (Å²) in [4.78, 5) is 24.5. The summed E-state index contributed by atoms with van der Waals surface area (Å²) in [6.07, 6.45) is 2.54. The Bertz CT molecular complexity index is 817. The number of carbonyl (C=O) groups is 2. The first-order valence-electron chi connectivity index (χ1n) is 9.77. The topological polar surface area (TPSA) is 73.9 Å². The Morgan fingerprint density at radius 1 is 0.966 bits per heavy atom. The number of unbranched alkanes of at least 4 members (excludes halogenated alkanes) is 1. The maximum atomic E-state index is 12.3. The molecule has 6 heteroatoms. The van der Waals surface area contributed by atoms with Crippen molar-refractivity contribution >= 4 is 17.6 Å². The van der Waals surface area contributed by atoms with E-state index in [0.717, 1.165) is 24.8 Å². The molecule has 6 nitrogen and oxygen atoms in total. The van der Waals surface area contributed by atoms with Crippen molar-refractivity contribution < 1.29 is 23.8 Å². The predicted molar refractivity (Wildman–Crippen MR) is 112 cm³/mol. The van der Waals surface area contributed by atoms with Crippen molar-refractivity contribution in [1.82, 2.24) is 0 Å². The Kier molecular flexibility index (Phi) is 8.52. The lowest BCUT2D eigenvalue weighted by atomic mass is 10.1. The molecule has 156 valence electrons. The van der Waals surface area contributed by atoms with Crippen molar-refractivity contribution in [3.8, 4) is 11.5 Å². The minimum absolute atomic E-state index is 0.127. The molecule has 1 amide bonds. The van der Waals surface area contributed by atoms with Crippen molar-refractivity contribution in [3.63, 3.8) is 0 Å². The van der Waals surface area contributed by atoms with E-state index in [2.05, 4.69) is 12.2 Å². The van der Waals surface area contributed by atoms with E-state index in [1.165, 1.54) is 19.8 Å². The van der Waals surface area contributed by atoms with Gasteiger partial charge in [0.25, 0.3) is 5.91 Å². The van der Waals surface area contributed by atoms with E-state index in [1.807, 2.05) is 24.3 Å². The highest BCUT2D eigenvalue weighted by Gasteiger charge is 2.19. The summed E-state index contributed by atoms with van der Waals surface area (Å²) in [6.45, 7) is 3.70. The number of methoxy groups -OCH3 is 2. The lowest BCUT2D eigenvalue weighted by molar-refractivity contribution is -0.152. The number of benzene rings is 2. The van der Waals surface area contributed by atoms with Crippen LogP contribution in [0.25, 0.3) is 0 Å². The molecule has 29 heavy (non-hydrogen) atoms. The van der Waals surface area contributed by atoms with Gasteiger partial charge in [0, 0.05) is 11.8 Å². The summed E-state index contributed by atoms with van der Waals surface area (Å²) in [7, 11) is 3.06. The molecule has 0 bridgehead atoms. The SMILES string of the molecule is CCCCc1ccc(CC(=O)O[C@@H](C)C(=O)Nc2ccc(OC)c(OC)c2)cc1. The van der Waals surface area contributed by atoms with Crippen LogP contribution < -0.4 is 14.8 Å². The molecule has 0 aliphatic rings. The van der Waals surface area contributed by atoms with Crippen molar-refractivity contribution in [1.29, 1.82) is 0 Å². The summed E-state index contributed by atoms with van der Waals surface area (Å²) in [5.41, 5.74) is 2.65. The third kappa shape index (κ3) is 6.82. The number of anilines is 1. The third-order valence-electron chi connectivity index (χ3n) is 4.52. The van der Waals surface area contributed by atoms with Gasteiger partial charge in [-0.05, 0) is 43.0 Å². The van der Waals surface area contributed by atoms with Gasteiger partial charge in [0.1, 0.15) is 0 Å². The zero-order valence-corrected chi connectivity index (χ0v) is 17.5. The molecule has 1 atom stereocenters. The van der Waals surface area contributed by atoms with Crippen molar-refractivity contribution in [2.75, 3.05) is 19.5 Å². The van der Waals surface area contributed by atoms with Gasteiger partial charge in [0.2, 0.25) is 0 Å². The zero-order valence-electron chi connectivity index (χ0n) is 17.5. The van der Waals surface area contributed by atoms with Gasteiger partial charge < -0.3 is 19.5 Å². The lowest BCUT2D eigenvalue weighted by Crippen LogP contribution is -2.30. The van der Waals surface area contributed by atoms with Crippen molar-refractivity contribution in [2.24, 2.45) is 0 Å². The van der Waals surface area contributed by atoms with Crippen molar-refractivity contribution in [3.05, 3.63) is 53.6 Å². The van der Waals surface area contributed by atoms with Crippen LogP contribution in [0.2, 0.25) is 0 Å². The number of aryl methyl sites for hydroxylation is 1. The first kappa shape index (κ1) is 22.3. The van der Waals surface area contributed by atoms with E-state index in [1.54, 1.807) is 25.1 Å². The molecule has 2 aromatic carbocycles. The molecule has 0 heterocycles. The third-order valence-corrected chi connectivity index (χ3v) is 4.52. The van der Waals surface area contributed by atoms with Crippen molar-refractivity contribution in [2.45, 2.75) is 45.6 Å². The van der Waals surface area contributed by atoms with Gasteiger partial charge in [0.05, 0.1) is 20.6 Å². The van der Waals surface area contributed by atoms with Gasteiger partial charge in [-0.25, -0.2) is 0 Å². The Labute approximate surface area is 172 Å². The van der Waals surface area contributed by atoms with Crippen LogP contribution in [0, 0.1) is 0 Å². The lowest BCUT2D eigenvalue weighted by Gasteiger charge is -2.15. The summed E-state index contributed by atoms with van der Waals surface area (Å²) in [5.74, 6) is 0.199. The second-order valence-electron chi connectivity index (χ2n) is 6.79. The Balaban J connectivity index is 1.87. The molecule has 0 aromatic heterocycles. The molecule has 2 rings (SSSR count). The normalized spacial score (nSPS) is 11.4. The average molecular weight is 399 g/mol. The van der Waals surface area contributed by atoms with E-state index in [0.29, 0.717) is 17.2 Å². The molecule has 0 radical (unpaired) electrons. The highest BCUT2D eigenvalue weighted by atomic mass is 16.5. The molecule has 0 aliphatic heterocycles. The predicted octanol–water partition coefficient (Wildman–Crippen LogP) is 4.16. The van der Waals surface area contributed by atoms with E-state index in [-0.39, 0.29) is 6.42 Å². The van der Waals surface area contributed by atoms with Crippen LogP contribution in [-0.4, -0.2) is 32.2 Å². The summed E-state index contributed by atoms with van der Waals surface area (Å²) < 4.78 is 15.7. The van der Waals surface area contributed by atoms with Crippen LogP contribution in [0.4, 0.5) is 5.69 Å². The fraction of sp³-hybridized carbons (Fsp3) is 0.391. The molecule has 1 N–H and O–H groups in total. The molecule has 0 unspecified atom stereocenters. The van der Waals surface area contributed by atoms with Crippen LogP contribution in [0.3, 0.4) is 0 Å². The first-order valence-corrected chi connectivity index (χ1v) is 9.77. The standard InChI is InChI=1S/C23H29NO5/c1-5-6-7-17-8-10-18(11-9-17)14-22(25)29-16(2)23(26)24-19-12-13-20(27-3)21(15-19)28-4/h8-13,15-16H,5-7,14H2,1-4H3,(H,24,26)/t16-/m0/s1. The van der Waals surface area contributed by atoms with E-state index in [4.69, 9.17) is 14.2 Å². The minimum Gasteiger partial charge on any atom is -0.493 e. The number of carbonyl (C=O) groups excluding carboxylic acids is 2. The fourth-order valence-electron chi connectivity index (χ4n) is 2.82. The number of rotatable bonds is 10. The molecule has 2 aromatic rings. The number of ether oxygens (including phenoxy) is 3. The minimum atomic E-state index is -0.917. The molecule has 0 saturated heterocycles. The highest BCUT2D eigenvalue weighted by Crippen LogP contribution is 2.29. The highest BCUT2D eigenvalue weighted by molar-refractivity contribution is 5.95. The van der Waals surface area contributed by atoms with Gasteiger partial charge in [-0.15, -0.1) is 0 Å². The van der Waals surface area contributed by atoms with E-state index >= 15 is 0 Å². The summed E-state index contributed by atoms with van der Waals surface area (Å²) in [6, 6.07) is 13.0. The molecule has 0 aliphatic carbocycles. The second-order valence-corrected chi connectivity index (χ2v) is 6.79. The molecular formula is C23H29NO5. The molecule has 0 fully saturated rings. The van der Waals surface area contributed by atoms with Crippen LogP contribution in [-0.2, 0) is 27.2 Å². The van der Waals surface area contributed by atoms with Crippen LogP contribution in [0.5, 0.6) is 11.5 Å². The Morgan fingerprint density at radius 2 is 1.62 bits per heavy atom. The second kappa shape index (κ2) is 11.1. The summed E-state index contributed by atoms with van der Waals surface area (Å²) >= 11 is 0. The quantitative estimate of drug-likeness (QED) is 0.607. The van der Waals surface area contributed by atoms with E-state index in [9.17, 15) is 9.59 Å². The Morgan fingerprint density at radius 3 is 2.24 bits per heavy atom. The fourth-order valence-corrected chi connectivity index (χ4v) is 2.82. The van der Waals surface area contributed by atoms with Gasteiger partial charge in [0.15, 0.2) is 17.6 Å².